The van der Waals surface area contributed by atoms with Crippen LogP contribution in [0.5, 0.6) is 5.75 Å². The van der Waals surface area contributed by atoms with Crippen LogP contribution >= 0.6 is 11.6 Å². The number of rotatable bonds is 9. The Balaban J connectivity index is 1.75. The third-order valence-corrected chi connectivity index (χ3v) is 7.83. The minimum Gasteiger partial charge on any atom is -0.497 e. The van der Waals surface area contributed by atoms with Crippen LogP contribution in [0.3, 0.4) is 0 Å². The Morgan fingerprint density at radius 1 is 0.886 bits per heavy atom. The van der Waals surface area contributed by atoms with Crippen LogP contribution in [0.1, 0.15) is 6.92 Å². The van der Waals surface area contributed by atoms with Gasteiger partial charge in [-0.25, -0.2) is 16.8 Å². The van der Waals surface area contributed by atoms with Gasteiger partial charge in [0.25, 0.3) is 10.0 Å². The number of ether oxygens (including phenoxy) is 1. The molecule has 9 nitrogen and oxygen atoms in total. The molecule has 0 fully saturated rings. The van der Waals surface area contributed by atoms with E-state index in [2.05, 4.69) is 10.0 Å². The van der Waals surface area contributed by atoms with Gasteiger partial charge in [0.05, 0.1) is 23.9 Å². The standard InChI is InChI=1S/C23H24ClN3O6S2/c1-16(27(34(3,29)30)20-10-12-21(33-2)13-11-20)23(28)25-18-8-14-22(15-9-18)35(31,32)26-19-6-4-17(24)5-7-19/h4-16,26H,1-3H3,(H,25,28). The van der Waals surface area contributed by atoms with Crippen molar-refractivity contribution in [2.24, 2.45) is 0 Å². The molecular weight excluding hydrogens is 514 g/mol. The monoisotopic (exact) mass is 537 g/mol. The van der Waals surface area contributed by atoms with Gasteiger partial charge >= 0.3 is 0 Å². The SMILES string of the molecule is COc1ccc(N(C(C)C(=O)Nc2ccc(S(=O)(=O)Nc3ccc(Cl)cc3)cc2)S(C)(=O)=O)cc1. The summed E-state index contributed by atoms with van der Waals surface area (Å²) in [6.07, 6.45) is 1.01. The van der Waals surface area contributed by atoms with Gasteiger partial charge in [-0.1, -0.05) is 11.6 Å². The molecule has 0 spiro atoms. The highest BCUT2D eigenvalue weighted by molar-refractivity contribution is 7.92. The second-order valence-electron chi connectivity index (χ2n) is 7.56. The Bertz CT molecular complexity index is 1390. The van der Waals surface area contributed by atoms with Gasteiger partial charge in [-0.2, -0.15) is 0 Å². The van der Waals surface area contributed by atoms with Crippen LogP contribution in [0, 0.1) is 0 Å². The molecule has 3 aromatic rings. The van der Waals surface area contributed by atoms with Gasteiger partial charge in [0.15, 0.2) is 0 Å². The van der Waals surface area contributed by atoms with Crippen molar-refractivity contribution < 1.29 is 26.4 Å². The van der Waals surface area contributed by atoms with Gasteiger partial charge in [-0.3, -0.25) is 13.8 Å². The fourth-order valence-corrected chi connectivity index (χ4v) is 5.59. The summed E-state index contributed by atoms with van der Waals surface area (Å²) in [6, 6.07) is 16.9. The highest BCUT2D eigenvalue weighted by Crippen LogP contribution is 2.25. The van der Waals surface area contributed by atoms with E-state index in [-0.39, 0.29) is 4.90 Å². The van der Waals surface area contributed by atoms with Gasteiger partial charge in [-0.15, -0.1) is 0 Å². The fourth-order valence-electron chi connectivity index (χ4n) is 3.23. The van der Waals surface area contributed by atoms with E-state index in [4.69, 9.17) is 16.3 Å². The van der Waals surface area contributed by atoms with Crippen LogP contribution in [-0.2, 0) is 24.8 Å². The predicted molar refractivity (Wildman–Crippen MR) is 137 cm³/mol. The first-order valence-corrected chi connectivity index (χ1v) is 13.9. The summed E-state index contributed by atoms with van der Waals surface area (Å²) in [4.78, 5) is 12.8. The Hall–Kier alpha value is -3.28. The number of anilines is 3. The highest BCUT2D eigenvalue weighted by Gasteiger charge is 2.29. The number of halogens is 1. The van der Waals surface area contributed by atoms with E-state index in [0.29, 0.717) is 27.8 Å². The summed E-state index contributed by atoms with van der Waals surface area (Å²) in [5, 5.41) is 3.10. The average molecular weight is 538 g/mol. The normalized spacial score (nSPS) is 12.5. The van der Waals surface area contributed by atoms with Gasteiger partial charge in [0.1, 0.15) is 11.8 Å². The van der Waals surface area contributed by atoms with Crippen molar-refractivity contribution in [3.05, 3.63) is 77.8 Å². The summed E-state index contributed by atoms with van der Waals surface area (Å²) >= 11 is 5.82. The number of nitrogens with zero attached hydrogens (tertiary/aromatic N) is 1. The zero-order valence-corrected chi connectivity index (χ0v) is 21.5. The first-order chi connectivity index (χ1) is 16.4. The maximum Gasteiger partial charge on any atom is 0.261 e. The van der Waals surface area contributed by atoms with E-state index in [1.807, 2.05) is 0 Å². The molecule has 1 unspecified atom stereocenters. The molecule has 3 rings (SSSR count). The van der Waals surface area contributed by atoms with Gasteiger partial charge < -0.3 is 10.1 Å². The summed E-state index contributed by atoms with van der Waals surface area (Å²) in [6.45, 7) is 1.45. The number of carbonyl (C=O) groups is 1. The molecule has 0 saturated heterocycles. The molecule has 3 aromatic carbocycles. The quantitative estimate of drug-likeness (QED) is 0.426. The third-order valence-electron chi connectivity index (χ3n) is 4.94. The maximum absolute atomic E-state index is 12.9. The number of nitrogens with one attached hydrogen (secondary N) is 2. The van der Waals surface area contributed by atoms with E-state index in [9.17, 15) is 21.6 Å². The van der Waals surface area contributed by atoms with Crippen LogP contribution in [-0.4, -0.2) is 42.2 Å². The molecule has 0 radical (unpaired) electrons. The first kappa shape index (κ1) is 26.3. The van der Waals surface area contributed by atoms with E-state index in [1.165, 1.54) is 62.6 Å². The second kappa shape index (κ2) is 10.5. The largest absolute Gasteiger partial charge is 0.497 e. The lowest BCUT2D eigenvalue weighted by Gasteiger charge is -2.28. The van der Waals surface area contributed by atoms with Crippen molar-refractivity contribution in [2.45, 2.75) is 17.9 Å². The third kappa shape index (κ3) is 6.65. The summed E-state index contributed by atoms with van der Waals surface area (Å²) in [7, 11) is -6.17. The zero-order valence-electron chi connectivity index (χ0n) is 19.1. The van der Waals surface area contributed by atoms with E-state index in [1.54, 1.807) is 24.3 Å². The summed E-state index contributed by atoms with van der Waals surface area (Å²) in [5.41, 5.74) is 0.946. The minimum atomic E-state index is -3.87. The van der Waals surface area contributed by atoms with E-state index < -0.39 is 32.0 Å². The second-order valence-corrected chi connectivity index (χ2v) is 11.5. The van der Waals surface area contributed by atoms with Gasteiger partial charge in [-0.05, 0) is 79.7 Å². The lowest BCUT2D eigenvalue weighted by Crippen LogP contribution is -2.45. The Morgan fingerprint density at radius 2 is 1.43 bits per heavy atom. The lowest BCUT2D eigenvalue weighted by molar-refractivity contribution is -0.116. The van der Waals surface area contributed by atoms with E-state index >= 15 is 0 Å². The first-order valence-electron chi connectivity index (χ1n) is 10.2. The van der Waals surface area contributed by atoms with Crippen molar-refractivity contribution in [1.29, 1.82) is 0 Å². The van der Waals surface area contributed by atoms with E-state index in [0.717, 1.165) is 10.6 Å². The number of sulfonamides is 2. The number of hydrogen-bond acceptors (Lipinski definition) is 6. The topological polar surface area (TPSA) is 122 Å². The molecule has 1 amide bonds. The van der Waals surface area contributed by atoms with Crippen LogP contribution in [0.4, 0.5) is 17.1 Å². The zero-order chi connectivity index (χ0) is 25.8. The molecule has 35 heavy (non-hydrogen) atoms. The Labute approximate surface area is 209 Å². The van der Waals surface area contributed by atoms with Crippen molar-refractivity contribution in [2.75, 3.05) is 27.7 Å². The maximum atomic E-state index is 12.9. The number of benzene rings is 3. The molecule has 186 valence electrons. The average Bonchev–Trinajstić information content (AvgIpc) is 2.80. The van der Waals surface area contributed by atoms with Crippen molar-refractivity contribution in [3.63, 3.8) is 0 Å². The molecule has 0 aromatic heterocycles. The molecule has 12 heteroatoms. The predicted octanol–water partition coefficient (Wildman–Crippen LogP) is 3.94. The number of amides is 1. The molecule has 0 aliphatic heterocycles. The van der Waals surface area contributed by atoms with Crippen LogP contribution in [0.2, 0.25) is 5.02 Å². The molecule has 0 aliphatic carbocycles. The fraction of sp³-hybridized carbons (Fsp3) is 0.174. The van der Waals surface area contributed by atoms with Crippen LogP contribution in [0.25, 0.3) is 0 Å². The summed E-state index contributed by atoms with van der Waals surface area (Å²) < 4.78 is 58.6. The molecule has 1 atom stereocenters. The molecule has 2 N–H and O–H groups in total. The molecule has 0 saturated carbocycles. The number of hydrogen-bond donors (Lipinski definition) is 2. The van der Waals surface area contributed by atoms with Crippen molar-refractivity contribution in [3.8, 4) is 5.75 Å². The molecule has 0 bridgehead atoms. The molecule has 0 heterocycles. The van der Waals surface area contributed by atoms with Crippen LogP contribution < -0.4 is 19.1 Å². The Morgan fingerprint density at radius 3 is 1.94 bits per heavy atom. The lowest BCUT2D eigenvalue weighted by atomic mass is 10.2. The number of methoxy groups -OCH3 is 1. The Kier molecular flexibility index (Phi) is 7.93. The summed E-state index contributed by atoms with van der Waals surface area (Å²) in [5.74, 6) is -0.0546. The minimum absolute atomic E-state index is 0.0190. The van der Waals surface area contributed by atoms with Crippen molar-refractivity contribution in [1.82, 2.24) is 0 Å². The van der Waals surface area contributed by atoms with Crippen molar-refractivity contribution >= 4 is 54.6 Å². The molecule has 0 aliphatic rings. The number of carbonyl (C=O) groups excluding carboxylic acids is 1. The van der Waals surface area contributed by atoms with Gasteiger partial charge in [0.2, 0.25) is 15.9 Å². The smallest absolute Gasteiger partial charge is 0.261 e. The highest BCUT2D eigenvalue weighted by atomic mass is 35.5. The van der Waals surface area contributed by atoms with Gasteiger partial charge in [0, 0.05) is 16.4 Å². The molecular formula is C23H24ClN3O6S2. The van der Waals surface area contributed by atoms with Crippen LogP contribution in [0.15, 0.2) is 77.7 Å².